The molecule has 0 saturated carbocycles. The minimum Gasteiger partial charge on any atom is -0.115 e. The number of benzene rings is 4. The highest BCUT2D eigenvalue weighted by molar-refractivity contribution is 6.05. The summed E-state index contributed by atoms with van der Waals surface area (Å²) in [7, 11) is 0. The van der Waals surface area contributed by atoms with Crippen molar-refractivity contribution in [3.05, 3.63) is 106 Å². The normalized spacial score (nSPS) is 15.3. The Bertz CT molecular complexity index is 2140. The zero-order valence-corrected chi connectivity index (χ0v) is 42.6. The van der Waals surface area contributed by atoms with Gasteiger partial charge in [0.1, 0.15) is 0 Å². The molecule has 0 heteroatoms. The molecular formula is C65H90. The van der Waals surface area contributed by atoms with Crippen LogP contribution in [0.4, 0.5) is 0 Å². The van der Waals surface area contributed by atoms with E-state index in [1.165, 1.54) is 198 Å². The quantitative estimate of drug-likeness (QED) is 0.0362. The average Bonchev–Trinajstić information content (AvgIpc) is 3.89. The fraction of sp³-hybridized carbons (Fsp3) is 0.600. The Morgan fingerprint density at radius 3 is 0.938 bits per heavy atom. The summed E-state index contributed by atoms with van der Waals surface area (Å²) in [6, 6.07) is 27.5. The highest BCUT2D eigenvalue weighted by atomic mass is 14.6. The molecule has 0 N–H and O–H groups in total. The Kier molecular flexibility index (Phi) is 17.8. The van der Waals surface area contributed by atoms with E-state index in [4.69, 9.17) is 6.42 Å². The fourth-order valence-electron chi connectivity index (χ4n) is 13.9. The van der Waals surface area contributed by atoms with Gasteiger partial charge >= 0.3 is 0 Å². The molecule has 0 heterocycles. The van der Waals surface area contributed by atoms with Crippen LogP contribution in [0.3, 0.4) is 0 Å². The van der Waals surface area contributed by atoms with E-state index in [0.29, 0.717) is 0 Å². The highest BCUT2D eigenvalue weighted by Gasteiger charge is 2.57. The van der Waals surface area contributed by atoms with E-state index < -0.39 is 0 Å². The van der Waals surface area contributed by atoms with Gasteiger partial charge in [0.05, 0.1) is 0 Å². The lowest BCUT2D eigenvalue weighted by Crippen LogP contribution is -2.31. The molecule has 4 aromatic rings. The predicted molar refractivity (Wildman–Crippen MR) is 286 cm³/mol. The SMILES string of the molecule is C#Cc1ccc2c(c1)C(CCCCCC)(CCCCCC)c1c3c(c4c(c1-2)C(CCCCCC)(CCCCCC)c1ccccc1-4)C(CCCCCC)(CCCCCC)c1ccccc1-3. The first kappa shape index (κ1) is 49.3. The lowest BCUT2D eigenvalue weighted by atomic mass is 9.63. The third-order valence-corrected chi connectivity index (χ3v) is 17.1. The number of rotatable bonds is 30. The van der Waals surface area contributed by atoms with Crippen LogP contribution in [0.15, 0.2) is 66.7 Å². The molecule has 0 atom stereocenters. The molecule has 7 rings (SSSR count). The number of unbranched alkanes of at least 4 members (excludes halogenated alkanes) is 18. The van der Waals surface area contributed by atoms with Crippen molar-refractivity contribution >= 4 is 0 Å². The molecule has 0 radical (unpaired) electrons. The van der Waals surface area contributed by atoms with Crippen molar-refractivity contribution in [2.75, 3.05) is 0 Å². The van der Waals surface area contributed by atoms with Gasteiger partial charge in [-0.05, 0) is 117 Å². The van der Waals surface area contributed by atoms with E-state index >= 15 is 0 Å². The molecule has 0 bridgehead atoms. The Morgan fingerprint density at radius 2 is 0.631 bits per heavy atom. The summed E-state index contributed by atoms with van der Waals surface area (Å²) in [6.45, 7) is 14.3. The van der Waals surface area contributed by atoms with Crippen molar-refractivity contribution in [1.29, 1.82) is 0 Å². The molecule has 3 aliphatic carbocycles. The van der Waals surface area contributed by atoms with Gasteiger partial charge in [-0.3, -0.25) is 0 Å². The van der Waals surface area contributed by atoms with Crippen LogP contribution in [0.25, 0.3) is 33.4 Å². The monoisotopic (exact) mass is 871 g/mol. The van der Waals surface area contributed by atoms with Crippen LogP contribution >= 0.6 is 0 Å². The van der Waals surface area contributed by atoms with Crippen molar-refractivity contribution in [3.63, 3.8) is 0 Å². The minimum absolute atomic E-state index is 0.00492. The van der Waals surface area contributed by atoms with E-state index in [1.807, 2.05) is 0 Å². The smallest absolute Gasteiger partial charge is 0.0246 e. The number of fused-ring (bicyclic) bond motifs is 12. The van der Waals surface area contributed by atoms with Gasteiger partial charge in [0.25, 0.3) is 0 Å². The summed E-state index contributed by atoms with van der Waals surface area (Å²) in [5.74, 6) is 3.18. The molecule has 0 spiro atoms. The largest absolute Gasteiger partial charge is 0.115 e. The second kappa shape index (κ2) is 23.4. The maximum Gasteiger partial charge on any atom is 0.0246 e. The van der Waals surface area contributed by atoms with Crippen molar-refractivity contribution in [2.24, 2.45) is 0 Å². The minimum atomic E-state index is -0.0727. The van der Waals surface area contributed by atoms with Crippen molar-refractivity contribution in [2.45, 2.75) is 250 Å². The topological polar surface area (TPSA) is 0 Å². The van der Waals surface area contributed by atoms with Crippen LogP contribution in [0.5, 0.6) is 0 Å². The molecule has 0 nitrogen and oxygen atoms in total. The van der Waals surface area contributed by atoms with Gasteiger partial charge in [0.2, 0.25) is 0 Å². The van der Waals surface area contributed by atoms with E-state index in [9.17, 15) is 0 Å². The summed E-state index contributed by atoms with van der Waals surface area (Å²) >= 11 is 0. The standard InChI is InChI=1S/C65H90/c1-8-15-21-31-43-63(44-32-22-16-9-2)55-40-30-28-38-52(55)58-60(63)57-51-37-27-29-39-54(51)64(45-33-23-17-10-3,46-34-24-18-11-4)61(57)59-53-42-41-50(14-7)49-56(53)65(62(58)59,47-35-25-19-12-5)48-36-26-20-13-6/h7,27-30,37-42,49H,8-13,15-26,31-36,43-48H2,1-6H3. The third-order valence-electron chi connectivity index (χ3n) is 17.1. The molecule has 0 saturated heterocycles. The summed E-state index contributed by atoms with van der Waals surface area (Å²) < 4.78 is 0. The molecule has 0 unspecified atom stereocenters. The van der Waals surface area contributed by atoms with Gasteiger partial charge in [0, 0.05) is 21.8 Å². The summed E-state index contributed by atoms with van der Waals surface area (Å²) in [5, 5.41) is 0. The Morgan fingerprint density at radius 1 is 0.338 bits per heavy atom. The maximum atomic E-state index is 6.44. The maximum absolute atomic E-state index is 6.44. The van der Waals surface area contributed by atoms with Gasteiger partial charge < -0.3 is 0 Å². The van der Waals surface area contributed by atoms with Crippen LogP contribution in [0.2, 0.25) is 0 Å². The number of terminal acetylenes is 1. The van der Waals surface area contributed by atoms with E-state index in [2.05, 4.69) is 114 Å². The Hall–Kier alpha value is -3.56. The summed E-state index contributed by atoms with van der Waals surface area (Å²) in [6.07, 6.45) is 45.1. The van der Waals surface area contributed by atoms with Crippen LogP contribution < -0.4 is 0 Å². The Balaban J connectivity index is 1.67. The fourth-order valence-corrected chi connectivity index (χ4v) is 13.9. The molecule has 0 aliphatic heterocycles. The lowest BCUT2D eigenvalue weighted by molar-refractivity contribution is 0.389. The van der Waals surface area contributed by atoms with Gasteiger partial charge in [-0.25, -0.2) is 0 Å². The molecule has 3 aliphatic rings. The average molecular weight is 871 g/mol. The third kappa shape index (κ3) is 9.50. The van der Waals surface area contributed by atoms with Crippen LogP contribution in [-0.2, 0) is 16.2 Å². The number of hydrogen-bond acceptors (Lipinski definition) is 0. The van der Waals surface area contributed by atoms with Crippen LogP contribution in [0.1, 0.15) is 273 Å². The van der Waals surface area contributed by atoms with E-state index in [0.717, 1.165) is 5.56 Å². The van der Waals surface area contributed by atoms with Gasteiger partial charge in [-0.15, -0.1) is 6.42 Å². The zero-order chi connectivity index (χ0) is 45.7. The van der Waals surface area contributed by atoms with Gasteiger partial charge in [-0.2, -0.15) is 0 Å². The second-order valence-electron chi connectivity index (χ2n) is 21.4. The predicted octanol–water partition coefficient (Wildman–Crippen LogP) is 20.3. The molecule has 0 amide bonds. The first-order valence-electron chi connectivity index (χ1n) is 28.0. The van der Waals surface area contributed by atoms with E-state index in [-0.39, 0.29) is 16.2 Å². The summed E-state index contributed by atoms with van der Waals surface area (Å²) in [5.41, 5.74) is 20.8. The van der Waals surface area contributed by atoms with Crippen molar-refractivity contribution < 1.29 is 0 Å². The van der Waals surface area contributed by atoms with Gasteiger partial charge in [0.15, 0.2) is 0 Å². The molecular weight excluding hydrogens is 781 g/mol. The van der Waals surface area contributed by atoms with E-state index in [1.54, 1.807) is 61.2 Å². The first-order chi connectivity index (χ1) is 32.0. The second-order valence-corrected chi connectivity index (χ2v) is 21.4. The summed E-state index contributed by atoms with van der Waals surface area (Å²) in [4.78, 5) is 0. The molecule has 4 aromatic carbocycles. The highest BCUT2D eigenvalue weighted by Crippen LogP contribution is 2.71. The lowest BCUT2D eigenvalue weighted by Gasteiger charge is -2.39. The Labute approximate surface area is 400 Å². The van der Waals surface area contributed by atoms with Crippen molar-refractivity contribution in [3.8, 4) is 45.7 Å². The van der Waals surface area contributed by atoms with Gasteiger partial charge in [-0.1, -0.05) is 256 Å². The molecule has 65 heavy (non-hydrogen) atoms. The first-order valence-corrected chi connectivity index (χ1v) is 28.0. The molecule has 0 aromatic heterocycles. The van der Waals surface area contributed by atoms with Crippen LogP contribution in [0, 0.1) is 12.3 Å². The molecule has 0 fully saturated rings. The molecule has 350 valence electrons. The van der Waals surface area contributed by atoms with Crippen LogP contribution in [-0.4, -0.2) is 0 Å². The van der Waals surface area contributed by atoms with Crippen molar-refractivity contribution in [1.82, 2.24) is 0 Å². The number of hydrogen-bond donors (Lipinski definition) is 0. The zero-order valence-electron chi connectivity index (χ0n) is 42.6.